The molecule has 0 fully saturated rings. The van der Waals surface area contributed by atoms with Crippen LogP contribution in [0.4, 0.5) is 0 Å². The molecule has 0 aliphatic rings. The van der Waals surface area contributed by atoms with E-state index in [2.05, 4.69) is 26.5 Å². The van der Waals surface area contributed by atoms with E-state index in [4.69, 9.17) is 4.42 Å². The Labute approximate surface area is 111 Å². The second-order valence-electron chi connectivity index (χ2n) is 3.36. The van der Waals surface area contributed by atoms with Crippen molar-refractivity contribution in [2.24, 2.45) is 5.10 Å². The monoisotopic (exact) mass is 308 g/mol. The van der Waals surface area contributed by atoms with Crippen LogP contribution in [0.2, 0.25) is 0 Å². The van der Waals surface area contributed by atoms with Gasteiger partial charge in [0, 0.05) is 5.56 Å². The van der Waals surface area contributed by atoms with Crippen LogP contribution in [0, 0.1) is 0 Å². The van der Waals surface area contributed by atoms with Gasteiger partial charge < -0.3 is 9.52 Å². The minimum absolute atomic E-state index is 0.0937. The van der Waals surface area contributed by atoms with Gasteiger partial charge in [0.15, 0.2) is 10.4 Å². The molecule has 0 radical (unpaired) electrons. The quantitative estimate of drug-likeness (QED) is 0.676. The van der Waals surface area contributed by atoms with Crippen LogP contribution in [-0.4, -0.2) is 17.2 Å². The summed E-state index contributed by atoms with van der Waals surface area (Å²) < 4.78 is 5.52. The summed E-state index contributed by atoms with van der Waals surface area (Å²) in [6, 6.07) is 9.80. The fourth-order valence-corrected chi connectivity index (χ4v) is 1.56. The van der Waals surface area contributed by atoms with Crippen molar-refractivity contribution in [2.75, 3.05) is 0 Å². The zero-order valence-electron chi connectivity index (χ0n) is 9.13. The number of phenols is 1. The van der Waals surface area contributed by atoms with Gasteiger partial charge in [-0.25, -0.2) is 5.43 Å². The molecule has 2 N–H and O–H groups in total. The number of nitrogens with one attached hydrogen (secondary N) is 1. The number of phenolic OH excluding ortho intramolecular Hbond substituents is 1. The Morgan fingerprint density at radius 2 is 2.11 bits per heavy atom. The fraction of sp³-hybridized carbons (Fsp3) is 0. The Kier molecular flexibility index (Phi) is 3.78. The second kappa shape index (κ2) is 5.50. The SMILES string of the molecule is O=C(N/N=C/c1ccccc1O)c1ccc(Br)o1. The summed E-state index contributed by atoms with van der Waals surface area (Å²) in [6.45, 7) is 0. The summed E-state index contributed by atoms with van der Waals surface area (Å²) in [5, 5.41) is 13.2. The first kappa shape index (κ1) is 12.4. The van der Waals surface area contributed by atoms with Crippen LogP contribution in [-0.2, 0) is 0 Å². The summed E-state index contributed by atoms with van der Waals surface area (Å²) in [4.78, 5) is 11.5. The number of halogens is 1. The molecule has 1 amide bonds. The van der Waals surface area contributed by atoms with Crippen molar-refractivity contribution < 1.29 is 14.3 Å². The maximum Gasteiger partial charge on any atom is 0.307 e. The van der Waals surface area contributed by atoms with Crippen LogP contribution in [0.5, 0.6) is 5.75 Å². The van der Waals surface area contributed by atoms with Gasteiger partial charge in [-0.2, -0.15) is 5.10 Å². The number of carbonyl (C=O) groups is 1. The molecule has 0 bridgehead atoms. The molecule has 0 spiro atoms. The third-order valence-electron chi connectivity index (χ3n) is 2.10. The van der Waals surface area contributed by atoms with Crippen LogP contribution in [0.15, 0.2) is 50.6 Å². The number of furan rings is 1. The Balaban J connectivity index is 2.00. The number of rotatable bonds is 3. The Morgan fingerprint density at radius 1 is 1.33 bits per heavy atom. The lowest BCUT2D eigenvalue weighted by molar-refractivity contribution is 0.0926. The van der Waals surface area contributed by atoms with Crippen LogP contribution >= 0.6 is 15.9 Å². The summed E-state index contributed by atoms with van der Waals surface area (Å²) in [5.74, 6) is -0.222. The number of para-hydroxylation sites is 1. The predicted octanol–water partition coefficient (Wildman–Crippen LogP) is 2.51. The van der Waals surface area contributed by atoms with Gasteiger partial charge in [0.05, 0.1) is 6.21 Å². The highest BCUT2D eigenvalue weighted by Gasteiger charge is 2.08. The highest BCUT2D eigenvalue weighted by atomic mass is 79.9. The van der Waals surface area contributed by atoms with Crippen molar-refractivity contribution in [3.05, 3.63) is 52.4 Å². The van der Waals surface area contributed by atoms with E-state index in [0.29, 0.717) is 10.2 Å². The number of hydrogen-bond donors (Lipinski definition) is 2. The summed E-state index contributed by atoms with van der Waals surface area (Å²) in [6.07, 6.45) is 1.35. The van der Waals surface area contributed by atoms with Crippen molar-refractivity contribution >= 4 is 28.1 Å². The first-order valence-corrected chi connectivity index (χ1v) is 5.83. The topological polar surface area (TPSA) is 74.8 Å². The minimum Gasteiger partial charge on any atom is -0.507 e. The maximum absolute atomic E-state index is 11.5. The number of benzene rings is 1. The van der Waals surface area contributed by atoms with Gasteiger partial charge in [0.1, 0.15) is 5.75 Å². The molecule has 2 rings (SSSR count). The van der Waals surface area contributed by atoms with Crippen molar-refractivity contribution in [1.29, 1.82) is 0 Å². The van der Waals surface area contributed by atoms with Crippen molar-refractivity contribution in [3.63, 3.8) is 0 Å². The second-order valence-corrected chi connectivity index (χ2v) is 4.14. The normalized spacial score (nSPS) is 10.7. The zero-order chi connectivity index (χ0) is 13.0. The van der Waals surface area contributed by atoms with E-state index in [0.717, 1.165) is 0 Å². The smallest absolute Gasteiger partial charge is 0.307 e. The molecule has 6 heteroatoms. The summed E-state index contributed by atoms with van der Waals surface area (Å²) in [5.41, 5.74) is 2.81. The van der Waals surface area contributed by atoms with E-state index in [1.54, 1.807) is 24.3 Å². The van der Waals surface area contributed by atoms with E-state index in [9.17, 15) is 9.90 Å². The molecule has 0 aliphatic carbocycles. The lowest BCUT2D eigenvalue weighted by Crippen LogP contribution is -2.16. The highest BCUT2D eigenvalue weighted by molar-refractivity contribution is 9.10. The summed E-state index contributed by atoms with van der Waals surface area (Å²) in [7, 11) is 0. The molecule has 92 valence electrons. The first-order chi connectivity index (χ1) is 8.66. The molecule has 0 unspecified atom stereocenters. The van der Waals surface area contributed by atoms with Crippen molar-refractivity contribution in [2.45, 2.75) is 0 Å². The molecule has 1 aromatic heterocycles. The Hall–Kier alpha value is -2.08. The zero-order valence-corrected chi connectivity index (χ0v) is 10.7. The number of hydrazone groups is 1. The Morgan fingerprint density at radius 3 is 2.78 bits per heavy atom. The molecule has 18 heavy (non-hydrogen) atoms. The van der Waals surface area contributed by atoms with Gasteiger partial charge in [-0.15, -0.1) is 0 Å². The highest BCUT2D eigenvalue weighted by Crippen LogP contribution is 2.14. The lowest BCUT2D eigenvalue weighted by Gasteiger charge is -1.97. The molecule has 0 atom stereocenters. The lowest BCUT2D eigenvalue weighted by atomic mass is 10.2. The van der Waals surface area contributed by atoms with E-state index in [1.807, 2.05) is 0 Å². The molecular formula is C12H9BrN2O3. The molecule has 0 saturated carbocycles. The van der Waals surface area contributed by atoms with Crippen LogP contribution in [0.3, 0.4) is 0 Å². The van der Waals surface area contributed by atoms with Crippen LogP contribution < -0.4 is 5.43 Å². The number of aromatic hydroxyl groups is 1. The largest absolute Gasteiger partial charge is 0.507 e. The van der Waals surface area contributed by atoms with Gasteiger partial charge in [-0.1, -0.05) is 12.1 Å². The molecule has 1 heterocycles. The number of nitrogens with zero attached hydrogens (tertiary/aromatic N) is 1. The molecule has 1 aromatic carbocycles. The minimum atomic E-state index is -0.465. The first-order valence-electron chi connectivity index (χ1n) is 5.03. The van der Waals surface area contributed by atoms with Gasteiger partial charge in [0.25, 0.3) is 0 Å². The predicted molar refractivity (Wildman–Crippen MR) is 69.6 cm³/mol. The molecular weight excluding hydrogens is 300 g/mol. The van der Waals surface area contributed by atoms with Crippen molar-refractivity contribution in [3.8, 4) is 5.75 Å². The molecule has 0 aliphatic heterocycles. The van der Waals surface area contributed by atoms with Crippen LogP contribution in [0.25, 0.3) is 0 Å². The van der Waals surface area contributed by atoms with Gasteiger partial charge in [-0.05, 0) is 40.2 Å². The number of amides is 1. The van der Waals surface area contributed by atoms with E-state index in [-0.39, 0.29) is 11.5 Å². The number of hydrogen-bond acceptors (Lipinski definition) is 4. The average Bonchev–Trinajstić information content (AvgIpc) is 2.78. The van der Waals surface area contributed by atoms with Crippen molar-refractivity contribution in [1.82, 2.24) is 5.43 Å². The van der Waals surface area contributed by atoms with Gasteiger partial charge in [-0.3, -0.25) is 4.79 Å². The molecule has 0 saturated heterocycles. The van der Waals surface area contributed by atoms with Gasteiger partial charge in [0.2, 0.25) is 0 Å². The van der Waals surface area contributed by atoms with Gasteiger partial charge >= 0.3 is 5.91 Å². The maximum atomic E-state index is 11.5. The standard InChI is InChI=1S/C12H9BrN2O3/c13-11-6-5-10(18-11)12(17)15-14-7-8-3-1-2-4-9(8)16/h1-7,16H,(H,15,17)/b14-7+. The van der Waals surface area contributed by atoms with E-state index < -0.39 is 5.91 Å². The molecule has 5 nitrogen and oxygen atoms in total. The Bertz CT molecular complexity index is 593. The fourth-order valence-electron chi connectivity index (χ4n) is 1.25. The number of carbonyl (C=O) groups excluding carboxylic acids is 1. The summed E-state index contributed by atoms with van der Waals surface area (Å²) >= 11 is 3.10. The average molecular weight is 309 g/mol. The third kappa shape index (κ3) is 2.98. The van der Waals surface area contributed by atoms with E-state index in [1.165, 1.54) is 18.3 Å². The van der Waals surface area contributed by atoms with Crippen LogP contribution in [0.1, 0.15) is 16.1 Å². The molecule has 2 aromatic rings. The van der Waals surface area contributed by atoms with E-state index >= 15 is 0 Å². The third-order valence-corrected chi connectivity index (χ3v) is 2.53.